The van der Waals surface area contributed by atoms with E-state index in [0.717, 1.165) is 11.3 Å². The molecule has 0 aliphatic carbocycles. The van der Waals surface area contributed by atoms with Gasteiger partial charge in [-0.05, 0) is 23.8 Å². The highest BCUT2D eigenvalue weighted by atomic mass is 16.2. The van der Waals surface area contributed by atoms with Crippen LogP contribution in [0.25, 0.3) is 0 Å². The van der Waals surface area contributed by atoms with Crippen molar-refractivity contribution < 1.29 is 14.4 Å². The maximum absolute atomic E-state index is 11.4. The highest BCUT2D eigenvalue weighted by Crippen LogP contribution is 2.24. The average molecular weight is 203 g/mol. The maximum atomic E-state index is 11.4. The van der Waals surface area contributed by atoms with Gasteiger partial charge in [-0.2, -0.15) is 0 Å². The standard InChI is InChI=1S/C11H9NO3/c13-4-3-10(14)7-1-2-9-8(5-7)6-11(15)12-9/h1-2,4-5H,3,6H2,(H,12,15). The summed E-state index contributed by atoms with van der Waals surface area (Å²) in [4.78, 5) is 32.6. The Labute approximate surface area is 86.3 Å². The highest BCUT2D eigenvalue weighted by Gasteiger charge is 2.18. The Morgan fingerprint density at radius 1 is 1.47 bits per heavy atom. The van der Waals surface area contributed by atoms with Crippen LogP contribution in [0.2, 0.25) is 0 Å². The van der Waals surface area contributed by atoms with E-state index in [0.29, 0.717) is 18.3 Å². The summed E-state index contributed by atoms with van der Waals surface area (Å²) in [6.45, 7) is 0. The fourth-order valence-electron chi connectivity index (χ4n) is 1.60. The molecule has 0 aromatic heterocycles. The molecule has 76 valence electrons. The number of aldehydes is 1. The predicted octanol–water partition coefficient (Wildman–Crippen LogP) is 0.953. The third kappa shape index (κ3) is 1.79. The van der Waals surface area contributed by atoms with Crippen molar-refractivity contribution in [2.75, 3.05) is 5.32 Å². The number of nitrogens with one attached hydrogen (secondary N) is 1. The van der Waals surface area contributed by atoms with Crippen LogP contribution in [-0.4, -0.2) is 18.0 Å². The van der Waals surface area contributed by atoms with E-state index < -0.39 is 0 Å². The number of ketones is 1. The Morgan fingerprint density at radius 3 is 3.00 bits per heavy atom. The van der Waals surface area contributed by atoms with Gasteiger partial charge in [0.2, 0.25) is 5.91 Å². The van der Waals surface area contributed by atoms with Gasteiger partial charge in [-0.25, -0.2) is 0 Å². The second-order valence-electron chi connectivity index (χ2n) is 3.39. The van der Waals surface area contributed by atoms with E-state index in [1.165, 1.54) is 0 Å². The lowest BCUT2D eigenvalue weighted by Gasteiger charge is -2.01. The normalized spacial score (nSPS) is 13.2. The molecule has 1 aromatic rings. The van der Waals surface area contributed by atoms with Crippen LogP contribution in [0.5, 0.6) is 0 Å². The van der Waals surface area contributed by atoms with E-state index in [1.807, 2.05) is 0 Å². The molecule has 0 unspecified atom stereocenters. The number of anilines is 1. The monoisotopic (exact) mass is 203 g/mol. The van der Waals surface area contributed by atoms with Gasteiger partial charge in [0.05, 0.1) is 12.8 Å². The molecule has 0 radical (unpaired) electrons. The lowest BCUT2D eigenvalue weighted by Crippen LogP contribution is -2.03. The van der Waals surface area contributed by atoms with Gasteiger partial charge >= 0.3 is 0 Å². The number of rotatable bonds is 3. The summed E-state index contributed by atoms with van der Waals surface area (Å²) in [7, 11) is 0. The fraction of sp³-hybridized carbons (Fsp3) is 0.182. The van der Waals surface area contributed by atoms with E-state index in [9.17, 15) is 14.4 Å². The first-order chi connectivity index (χ1) is 7.20. The number of Topliss-reactive ketones (excluding diaryl/α,β-unsaturated/α-hetero) is 1. The first kappa shape index (κ1) is 9.58. The molecule has 0 spiro atoms. The van der Waals surface area contributed by atoms with Gasteiger partial charge in [-0.15, -0.1) is 0 Å². The maximum Gasteiger partial charge on any atom is 0.228 e. The second-order valence-corrected chi connectivity index (χ2v) is 3.39. The highest BCUT2D eigenvalue weighted by molar-refractivity contribution is 6.05. The molecule has 0 atom stereocenters. The van der Waals surface area contributed by atoms with Crippen molar-refractivity contribution >= 4 is 23.7 Å². The van der Waals surface area contributed by atoms with E-state index >= 15 is 0 Å². The lowest BCUT2D eigenvalue weighted by molar-refractivity contribution is -0.115. The summed E-state index contributed by atoms with van der Waals surface area (Å²) >= 11 is 0. The van der Waals surface area contributed by atoms with Crippen molar-refractivity contribution in [3.05, 3.63) is 29.3 Å². The third-order valence-corrected chi connectivity index (χ3v) is 2.32. The Morgan fingerprint density at radius 2 is 2.27 bits per heavy atom. The Bertz CT molecular complexity index is 451. The topological polar surface area (TPSA) is 63.2 Å². The minimum absolute atomic E-state index is 0.0648. The van der Waals surface area contributed by atoms with Crippen LogP contribution in [0.3, 0.4) is 0 Å². The largest absolute Gasteiger partial charge is 0.326 e. The summed E-state index contributed by atoms with van der Waals surface area (Å²) in [6, 6.07) is 4.98. The van der Waals surface area contributed by atoms with Crippen molar-refractivity contribution in [3.63, 3.8) is 0 Å². The van der Waals surface area contributed by atoms with Crippen molar-refractivity contribution in [2.24, 2.45) is 0 Å². The van der Waals surface area contributed by atoms with Crippen molar-refractivity contribution in [1.82, 2.24) is 0 Å². The zero-order valence-electron chi connectivity index (χ0n) is 7.95. The number of carbonyl (C=O) groups is 3. The van der Waals surface area contributed by atoms with Gasteiger partial charge in [0.1, 0.15) is 6.29 Å². The zero-order valence-corrected chi connectivity index (χ0v) is 7.95. The number of hydrogen-bond donors (Lipinski definition) is 1. The third-order valence-electron chi connectivity index (χ3n) is 2.32. The lowest BCUT2D eigenvalue weighted by atomic mass is 10.0. The number of amides is 1. The van der Waals surface area contributed by atoms with Crippen LogP contribution < -0.4 is 5.32 Å². The van der Waals surface area contributed by atoms with Crippen LogP contribution in [0, 0.1) is 0 Å². The van der Waals surface area contributed by atoms with Crippen LogP contribution in [0.15, 0.2) is 18.2 Å². The quantitative estimate of drug-likeness (QED) is 0.452. The number of benzene rings is 1. The SMILES string of the molecule is O=CCC(=O)c1ccc2c(c1)CC(=O)N2. The van der Waals surface area contributed by atoms with Crippen LogP contribution in [0.4, 0.5) is 5.69 Å². The molecular formula is C11H9NO3. The summed E-state index contributed by atoms with van der Waals surface area (Å²) in [5, 5.41) is 2.68. The molecule has 1 aliphatic rings. The van der Waals surface area contributed by atoms with E-state index in [4.69, 9.17) is 0 Å². The molecule has 15 heavy (non-hydrogen) atoms. The fourth-order valence-corrected chi connectivity index (χ4v) is 1.60. The van der Waals surface area contributed by atoms with E-state index in [2.05, 4.69) is 5.32 Å². The minimum Gasteiger partial charge on any atom is -0.326 e. The molecule has 4 heteroatoms. The van der Waals surface area contributed by atoms with Gasteiger partial charge < -0.3 is 10.1 Å². The molecule has 1 N–H and O–H groups in total. The van der Waals surface area contributed by atoms with Gasteiger partial charge in [0.15, 0.2) is 5.78 Å². The van der Waals surface area contributed by atoms with Crippen LogP contribution in [0.1, 0.15) is 22.3 Å². The zero-order chi connectivity index (χ0) is 10.8. The van der Waals surface area contributed by atoms with Crippen LogP contribution in [-0.2, 0) is 16.0 Å². The molecule has 0 fully saturated rings. The number of fused-ring (bicyclic) bond motifs is 1. The molecule has 0 saturated heterocycles. The molecule has 1 aromatic carbocycles. The first-order valence-electron chi connectivity index (χ1n) is 4.60. The van der Waals surface area contributed by atoms with Gasteiger partial charge in [-0.1, -0.05) is 0 Å². The second kappa shape index (κ2) is 3.65. The predicted molar refractivity (Wildman–Crippen MR) is 53.8 cm³/mol. The Kier molecular flexibility index (Phi) is 2.33. The average Bonchev–Trinajstić information content (AvgIpc) is 2.57. The molecule has 4 nitrogen and oxygen atoms in total. The van der Waals surface area contributed by atoms with Crippen molar-refractivity contribution in [1.29, 1.82) is 0 Å². The molecule has 0 saturated carbocycles. The van der Waals surface area contributed by atoms with E-state index in [1.54, 1.807) is 18.2 Å². The van der Waals surface area contributed by atoms with Gasteiger partial charge in [0.25, 0.3) is 0 Å². The molecule has 0 bridgehead atoms. The van der Waals surface area contributed by atoms with Crippen LogP contribution >= 0.6 is 0 Å². The summed E-state index contributed by atoms with van der Waals surface area (Å²) < 4.78 is 0. The summed E-state index contributed by atoms with van der Waals surface area (Å²) in [6.07, 6.45) is 0.774. The molecule has 1 amide bonds. The number of hydrogen-bond acceptors (Lipinski definition) is 3. The van der Waals surface area contributed by atoms with Crippen molar-refractivity contribution in [3.8, 4) is 0 Å². The summed E-state index contributed by atoms with van der Waals surface area (Å²) in [5.41, 5.74) is 2.05. The molecular weight excluding hydrogens is 194 g/mol. The van der Waals surface area contributed by atoms with Crippen molar-refractivity contribution in [2.45, 2.75) is 12.8 Å². The van der Waals surface area contributed by atoms with E-state index in [-0.39, 0.29) is 18.1 Å². The Hall–Kier alpha value is -1.97. The summed E-state index contributed by atoms with van der Waals surface area (Å²) in [5.74, 6) is -0.280. The van der Waals surface area contributed by atoms with Gasteiger partial charge in [-0.3, -0.25) is 9.59 Å². The Balaban J connectivity index is 2.30. The smallest absolute Gasteiger partial charge is 0.228 e. The first-order valence-corrected chi connectivity index (χ1v) is 4.60. The minimum atomic E-state index is -0.216. The van der Waals surface area contributed by atoms with Gasteiger partial charge in [0, 0.05) is 11.3 Å². The molecule has 1 heterocycles. The number of carbonyl (C=O) groups excluding carboxylic acids is 3. The molecule has 1 aliphatic heterocycles. The molecule has 2 rings (SSSR count).